The van der Waals surface area contributed by atoms with Crippen LogP contribution < -0.4 is 10.6 Å². The van der Waals surface area contributed by atoms with Crippen LogP contribution in [0.3, 0.4) is 0 Å². The normalized spacial score (nSPS) is 15.9. The average Bonchev–Trinajstić information content (AvgIpc) is 2.53. The van der Waals surface area contributed by atoms with E-state index in [2.05, 4.69) is 37.6 Å². The minimum atomic E-state index is 0.600. The molecule has 0 saturated carbocycles. The molecule has 0 bridgehead atoms. The Morgan fingerprint density at radius 1 is 1.19 bits per heavy atom. The molecule has 0 aromatic carbocycles. The van der Waals surface area contributed by atoms with Gasteiger partial charge in [-0.05, 0) is 6.42 Å². The summed E-state index contributed by atoms with van der Waals surface area (Å²) >= 11 is 0. The zero-order valence-corrected chi connectivity index (χ0v) is 12.8. The largest absolute Gasteiger partial charge is 0.379 e. The van der Waals surface area contributed by atoms with Crippen LogP contribution in [0.5, 0.6) is 0 Å². The van der Waals surface area contributed by atoms with Gasteiger partial charge in [0.05, 0.1) is 19.4 Å². The third-order valence-electron chi connectivity index (χ3n) is 3.46. The van der Waals surface area contributed by atoms with Crippen molar-refractivity contribution in [1.82, 2.24) is 20.1 Å². The molecule has 1 aromatic rings. The summed E-state index contributed by atoms with van der Waals surface area (Å²) in [6.07, 6.45) is 5.23. The summed E-state index contributed by atoms with van der Waals surface area (Å²) in [4.78, 5) is 6.80. The molecule has 0 radical (unpaired) electrons. The highest BCUT2D eigenvalue weighted by molar-refractivity contribution is 5.36. The van der Waals surface area contributed by atoms with Gasteiger partial charge in [0.2, 0.25) is 5.95 Å². The molecule has 2 heterocycles. The van der Waals surface area contributed by atoms with Crippen LogP contribution in [0, 0.1) is 0 Å². The van der Waals surface area contributed by atoms with Crippen molar-refractivity contribution >= 4 is 11.8 Å². The predicted octanol–water partition coefficient (Wildman–Crippen LogP) is 1.22. The second kappa shape index (κ2) is 9.46. The molecule has 1 aliphatic rings. The Morgan fingerprint density at radius 2 is 2.05 bits per heavy atom. The molecule has 2 N–H and O–H groups in total. The summed E-state index contributed by atoms with van der Waals surface area (Å²) < 4.78 is 5.33. The van der Waals surface area contributed by atoms with Gasteiger partial charge in [-0.3, -0.25) is 4.90 Å². The molecule has 1 aliphatic heterocycles. The van der Waals surface area contributed by atoms with E-state index in [1.807, 2.05) is 0 Å². The van der Waals surface area contributed by atoms with E-state index in [0.29, 0.717) is 5.95 Å². The molecule has 118 valence electrons. The van der Waals surface area contributed by atoms with Crippen molar-refractivity contribution in [3.8, 4) is 0 Å². The first-order valence-electron chi connectivity index (χ1n) is 7.86. The minimum absolute atomic E-state index is 0.600. The van der Waals surface area contributed by atoms with Crippen molar-refractivity contribution in [2.24, 2.45) is 0 Å². The van der Waals surface area contributed by atoms with E-state index in [1.54, 1.807) is 6.20 Å². The zero-order chi connectivity index (χ0) is 14.8. The number of ether oxygens (including phenoxy) is 1. The summed E-state index contributed by atoms with van der Waals surface area (Å²) in [5.74, 6) is 1.37. The number of morpholine rings is 1. The Bertz CT molecular complexity index is 397. The number of unbranched alkanes of at least 4 members (excludes halogenated alkanes) is 2. The van der Waals surface area contributed by atoms with Gasteiger partial charge in [0, 0.05) is 32.7 Å². The summed E-state index contributed by atoms with van der Waals surface area (Å²) in [5.41, 5.74) is 0. The highest BCUT2D eigenvalue weighted by Gasteiger charge is 2.09. The molecular weight excluding hydrogens is 268 g/mol. The highest BCUT2D eigenvalue weighted by atomic mass is 16.5. The maximum absolute atomic E-state index is 5.33. The van der Waals surface area contributed by atoms with Crippen LogP contribution in [0.2, 0.25) is 0 Å². The molecular formula is C14H26N6O. The van der Waals surface area contributed by atoms with Crippen LogP contribution in [0.4, 0.5) is 11.8 Å². The van der Waals surface area contributed by atoms with Gasteiger partial charge in [0.25, 0.3) is 0 Å². The second-order valence-electron chi connectivity index (χ2n) is 5.18. The van der Waals surface area contributed by atoms with E-state index in [0.717, 1.165) is 58.2 Å². The Morgan fingerprint density at radius 3 is 2.86 bits per heavy atom. The van der Waals surface area contributed by atoms with Gasteiger partial charge in [-0.2, -0.15) is 10.1 Å². The molecule has 0 unspecified atom stereocenters. The molecule has 0 atom stereocenters. The highest BCUT2D eigenvalue weighted by Crippen LogP contribution is 2.04. The molecule has 7 nitrogen and oxygen atoms in total. The number of aromatic nitrogens is 3. The van der Waals surface area contributed by atoms with Crippen molar-refractivity contribution in [1.29, 1.82) is 0 Å². The molecule has 1 aromatic heterocycles. The first kappa shape index (κ1) is 15.9. The van der Waals surface area contributed by atoms with Gasteiger partial charge in [-0.15, -0.1) is 5.10 Å². The lowest BCUT2D eigenvalue weighted by Crippen LogP contribution is -2.39. The smallest absolute Gasteiger partial charge is 0.244 e. The van der Waals surface area contributed by atoms with Gasteiger partial charge in [0.15, 0.2) is 5.82 Å². The standard InChI is InChI=1S/C14H26N6O/c1-2-3-4-5-16-14-18-13(12-17-19-14)15-6-7-20-8-10-21-11-9-20/h12H,2-11H2,1H3,(H2,15,16,18,19). The fourth-order valence-electron chi connectivity index (χ4n) is 2.21. The Balaban J connectivity index is 1.67. The summed E-state index contributed by atoms with van der Waals surface area (Å²) in [5, 5.41) is 14.5. The Labute approximate surface area is 126 Å². The van der Waals surface area contributed by atoms with E-state index in [1.165, 1.54) is 12.8 Å². The van der Waals surface area contributed by atoms with Crippen molar-refractivity contribution in [3.63, 3.8) is 0 Å². The van der Waals surface area contributed by atoms with Crippen molar-refractivity contribution in [2.75, 3.05) is 56.6 Å². The summed E-state index contributed by atoms with van der Waals surface area (Å²) in [6.45, 7) is 8.62. The third-order valence-corrected chi connectivity index (χ3v) is 3.46. The minimum Gasteiger partial charge on any atom is -0.379 e. The number of anilines is 2. The summed E-state index contributed by atoms with van der Waals surface area (Å²) in [6, 6.07) is 0. The quantitative estimate of drug-likeness (QED) is 0.663. The van der Waals surface area contributed by atoms with Crippen LogP contribution in [0.1, 0.15) is 26.2 Å². The van der Waals surface area contributed by atoms with E-state index < -0.39 is 0 Å². The molecule has 1 saturated heterocycles. The second-order valence-corrected chi connectivity index (χ2v) is 5.18. The van der Waals surface area contributed by atoms with E-state index >= 15 is 0 Å². The fourth-order valence-corrected chi connectivity index (χ4v) is 2.21. The van der Waals surface area contributed by atoms with Gasteiger partial charge in [-0.1, -0.05) is 19.8 Å². The Kier molecular flexibility index (Phi) is 7.17. The number of hydrogen-bond donors (Lipinski definition) is 2. The molecule has 2 rings (SSSR count). The topological polar surface area (TPSA) is 75.2 Å². The van der Waals surface area contributed by atoms with Crippen LogP contribution in [-0.4, -0.2) is 66.0 Å². The number of nitrogens with one attached hydrogen (secondary N) is 2. The monoisotopic (exact) mass is 294 g/mol. The number of hydrogen-bond acceptors (Lipinski definition) is 7. The van der Waals surface area contributed by atoms with Crippen LogP contribution >= 0.6 is 0 Å². The van der Waals surface area contributed by atoms with Crippen LogP contribution in [-0.2, 0) is 4.74 Å². The van der Waals surface area contributed by atoms with Crippen molar-refractivity contribution in [3.05, 3.63) is 6.20 Å². The first-order valence-corrected chi connectivity index (χ1v) is 7.86. The Hall–Kier alpha value is -1.47. The van der Waals surface area contributed by atoms with E-state index in [4.69, 9.17) is 4.74 Å². The summed E-state index contributed by atoms with van der Waals surface area (Å²) in [7, 11) is 0. The maximum Gasteiger partial charge on any atom is 0.244 e. The van der Waals surface area contributed by atoms with Crippen molar-refractivity contribution < 1.29 is 4.74 Å². The molecule has 7 heteroatoms. The van der Waals surface area contributed by atoms with Gasteiger partial charge < -0.3 is 15.4 Å². The van der Waals surface area contributed by atoms with Crippen LogP contribution in [0.25, 0.3) is 0 Å². The molecule has 0 spiro atoms. The lowest BCUT2D eigenvalue weighted by atomic mass is 10.2. The number of rotatable bonds is 9. The molecule has 21 heavy (non-hydrogen) atoms. The van der Waals surface area contributed by atoms with Crippen LogP contribution in [0.15, 0.2) is 6.20 Å². The fraction of sp³-hybridized carbons (Fsp3) is 0.786. The lowest BCUT2D eigenvalue weighted by Gasteiger charge is -2.26. The zero-order valence-electron chi connectivity index (χ0n) is 12.8. The average molecular weight is 294 g/mol. The molecule has 0 amide bonds. The van der Waals surface area contributed by atoms with Gasteiger partial charge in [-0.25, -0.2) is 0 Å². The van der Waals surface area contributed by atoms with E-state index in [9.17, 15) is 0 Å². The predicted molar refractivity (Wildman–Crippen MR) is 83.6 cm³/mol. The third kappa shape index (κ3) is 6.22. The molecule has 1 fully saturated rings. The van der Waals surface area contributed by atoms with Crippen molar-refractivity contribution in [2.45, 2.75) is 26.2 Å². The lowest BCUT2D eigenvalue weighted by molar-refractivity contribution is 0.0398. The number of nitrogens with zero attached hydrogens (tertiary/aromatic N) is 4. The van der Waals surface area contributed by atoms with Gasteiger partial charge >= 0.3 is 0 Å². The van der Waals surface area contributed by atoms with E-state index in [-0.39, 0.29) is 0 Å². The molecule has 0 aliphatic carbocycles. The maximum atomic E-state index is 5.33. The SMILES string of the molecule is CCCCCNc1nncc(NCCN2CCOCC2)n1. The first-order chi connectivity index (χ1) is 10.4. The van der Waals surface area contributed by atoms with Gasteiger partial charge in [0.1, 0.15) is 0 Å².